The highest BCUT2D eigenvalue weighted by Crippen LogP contribution is 2.23. The Balaban J connectivity index is 2.54. The molecular weight excluding hydrogens is 186 g/mol. The Kier molecular flexibility index (Phi) is 2.79. The van der Waals surface area contributed by atoms with Crippen LogP contribution in [0.25, 0.3) is 11.3 Å². The van der Waals surface area contributed by atoms with Crippen LogP contribution in [0, 0.1) is 6.92 Å². The van der Waals surface area contributed by atoms with E-state index in [1.807, 2.05) is 43.3 Å². The van der Waals surface area contributed by atoms with Gasteiger partial charge < -0.3 is 5.11 Å². The number of nitrogens with zero attached hydrogens (tertiary/aromatic N) is 1. The molecule has 0 aliphatic heterocycles. The number of hydrogen-bond donors (Lipinski definition) is 1. The summed E-state index contributed by atoms with van der Waals surface area (Å²) in [5, 5.41) is 9.17. The summed E-state index contributed by atoms with van der Waals surface area (Å²) < 4.78 is 0. The van der Waals surface area contributed by atoms with Crippen molar-refractivity contribution >= 4 is 0 Å². The lowest BCUT2D eigenvalue weighted by Gasteiger charge is -2.08. The number of benzene rings is 1. The molecule has 0 fully saturated rings. The minimum Gasteiger partial charge on any atom is -0.392 e. The summed E-state index contributed by atoms with van der Waals surface area (Å²) in [6, 6.07) is 11.7. The van der Waals surface area contributed by atoms with Gasteiger partial charge in [0.2, 0.25) is 0 Å². The van der Waals surface area contributed by atoms with Gasteiger partial charge >= 0.3 is 0 Å². The van der Waals surface area contributed by atoms with Gasteiger partial charge in [0.1, 0.15) is 0 Å². The van der Waals surface area contributed by atoms with E-state index in [0.29, 0.717) is 0 Å². The normalized spacial score (nSPS) is 10.3. The van der Waals surface area contributed by atoms with Crippen LogP contribution in [0.2, 0.25) is 0 Å². The predicted octanol–water partition coefficient (Wildman–Crippen LogP) is 2.55. The fraction of sp³-hybridized carbons (Fsp3) is 0.154. The minimum atomic E-state index is 0.0759. The highest BCUT2D eigenvalue weighted by atomic mass is 16.3. The highest BCUT2D eigenvalue weighted by Gasteiger charge is 2.05. The van der Waals surface area contributed by atoms with Crippen molar-refractivity contribution in [2.75, 3.05) is 0 Å². The van der Waals surface area contributed by atoms with Crippen molar-refractivity contribution in [2.24, 2.45) is 0 Å². The molecule has 0 radical (unpaired) electrons. The van der Waals surface area contributed by atoms with Gasteiger partial charge in [-0.05, 0) is 30.2 Å². The van der Waals surface area contributed by atoms with Crippen molar-refractivity contribution in [2.45, 2.75) is 13.5 Å². The monoisotopic (exact) mass is 199 g/mol. The van der Waals surface area contributed by atoms with Crippen LogP contribution >= 0.6 is 0 Å². The predicted molar refractivity (Wildman–Crippen MR) is 60.3 cm³/mol. The van der Waals surface area contributed by atoms with Crippen LogP contribution < -0.4 is 0 Å². The van der Waals surface area contributed by atoms with Crippen molar-refractivity contribution < 1.29 is 5.11 Å². The largest absolute Gasteiger partial charge is 0.392 e. The highest BCUT2D eigenvalue weighted by molar-refractivity contribution is 5.64. The van der Waals surface area contributed by atoms with E-state index in [1.165, 1.54) is 0 Å². The molecule has 1 N–H and O–H groups in total. The second kappa shape index (κ2) is 4.24. The Labute approximate surface area is 89.2 Å². The summed E-state index contributed by atoms with van der Waals surface area (Å²) in [7, 11) is 0. The second-order valence-corrected chi connectivity index (χ2v) is 3.46. The molecule has 0 atom stereocenters. The van der Waals surface area contributed by atoms with E-state index in [0.717, 1.165) is 22.4 Å². The molecule has 0 amide bonds. The molecule has 0 spiro atoms. The minimum absolute atomic E-state index is 0.0759. The molecule has 0 saturated heterocycles. The van der Waals surface area contributed by atoms with Gasteiger partial charge in [-0.25, -0.2) is 0 Å². The average molecular weight is 199 g/mol. The first-order valence-corrected chi connectivity index (χ1v) is 4.93. The smallest absolute Gasteiger partial charge is 0.0704 e. The van der Waals surface area contributed by atoms with Crippen LogP contribution in [0.1, 0.15) is 11.1 Å². The topological polar surface area (TPSA) is 33.1 Å². The lowest BCUT2D eigenvalue weighted by Crippen LogP contribution is -1.92. The van der Waals surface area contributed by atoms with Crippen LogP contribution in [0.15, 0.2) is 42.6 Å². The van der Waals surface area contributed by atoms with Crippen molar-refractivity contribution in [3.05, 3.63) is 53.7 Å². The lowest BCUT2D eigenvalue weighted by atomic mass is 10.0. The Morgan fingerprint density at radius 3 is 2.67 bits per heavy atom. The van der Waals surface area contributed by atoms with Gasteiger partial charge in [0.15, 0.2) is 0 Å². The zero-order chi connectivity index (χ0) is 10.7. The molecule has 0 bridgehead atoms. The fourth-order valence-electron chi connectivity index (χ4n) is 1.65. The first-order valence-electron chi connectivity index (χ1n) is 4.93. The molecule has 0 aliphatic rings. The van der Waals surface area contributed by atoms with Gasteiger partial charge in [-0.2, -0.15) is 0 Å². The number of rotatable bonds is 2. The SMILES string of the molecule is Cc1c(CO)cccc1-c1ccccn1. The van der Waals surface area contributed by atoms with Crippen molar-refractivity contribution in [3.8, 4) is 11.3 Å². The summed E-state index contributed by atoms with van der Waals surface area (Å²) in [4.78, 5) is 4.30. The molecule has 2 nitrogen and oxygen atoms in total. The van der Waals surface area contributed by atoms with Crippen LogP contribution in [0.3, 0.4) is 0 Å². The standard InChI is InChI=1S/C13H13NO/c1-10-11(9-15)5-4-6-12(10)13-7-2-3-8-14-13/h2-8,15H,9H2,1H3. The number of aliphatic hydroxyl groups is 1. The Morgan fingerprint density at radius 1 is 1.13 bits per heavy atom. The van der Waals surface area contributed by atoms with Crippen molar-refractivity contribution in [3.63, 3.8) is 0 Å². The summed E-state index contributed by atoms with van der Waals surface area (Å²) in [6.07, 6.45) is 1.78. The molecule has 2 rings (SSSR count). The molecule has 0 saturated carbocycles. The fourth-order valence-corrected chi connectivity index (χ4v) is 1.65. The number of aromatic nitrogens is 1. The second-order valence-electron chi connectivity index (χ2n) is 3.46. The Hall–Kier alpha value is -1.67. The first kappa shape index (κ1) is 9.87. The van der Waals surface area contributed by atoms with E-state index in [9.17, 15) is 0 Å². The van der Waals surface area contributed by atoms with Crippen LogP contribution in [0.4, 0.5) is 0 Å². The molecule has 0 unspecified atom stereocenters. The van der Waals surface area contributed by atoms with Gasteiger partial charge in [0, 0.05) is 11.8 Å². The van der Waals surface area contributed by atoms with Crippen molar-refractivity contribution in [1.82, 2.24) is 4.98 Å². The quantitative estimate of drug-likeness (QED) is 0.806. The molecular formula is C13H13NO. The first-order chi connectivity index (χ1) is 7.33. The lowest BCUT2D eigenvalue weighted by molar-refractivity contribution is 0.281. The van der Waals surface area contributed by atoms with Crippen LogP contribution in [-0.2, 0) is 6.61 Å². The molecule has 2 aromatic rings. The molecule has 76 valence electrons. The third-order valence-corrected chi connectivity index (χ3v) is 2.56. The van der Waals surface area contributed by atoms with Crippen molar-refractivity contribution in [1.29, 1.82) is 0 Å². The van der Waals surface area contributed by atoms with E-state index in [2.05, 4.69) is 4.98 Å². The molecule has 1 aromatic carbocycles. The molecule has 2 heteroatoms. The van der Waals surface area contributed by atoms with E-state index >= 15 is 0 Å². The van der Waals surface area contributed by atoms with E-state index < -0.39 is 0 Å². The maximum absolute atomic E-state index is 9.17. The summed E-state index contributed by atoms with van der Waals surface area (Å²) in [5.74, 6) is 0. The molecule has 15 heavy (non-hydrogen) atoms. The number of hydrogen-bond acceptors (Lipinski definition) is 2. The van der Waals surface area contributed by atoms with E-state index in [1.54, 1.807) is 6.20 Å². The van der Waals surface area contributed by atoms with Gasteiger partial charge in [-0.15, -0.1) is 0 Å². The van der Waals surface area contributed by atoms with E-state index in [4.69, 9.17) is 5.11 Å². The summed E-state index contributed by atoms with van der Waals surface area (Å²) >= 11 is 0. The number of pyridine rings is 1. The Morgan fingerprint density at radius 2 is 2.00 bits per heavy atom. The third-order valence-electron chi connectivity index (χ3n) is 2.56. The molecule has 1 heterocycles. The molecule has 1 aromatic heterocycles. The van der Waals surface area contributed by atoms with Crippen LogP contribution in [-0.4, -0.2) is 10.1 Å². The number of aliphatic hydroxyl groups excluding tert-OH is 1. The molecule has 0 aliphatic carbocycles. The maximum atomic E-state index is 9.17. The van der Waals surface area contributed by atoms with E-state index in [-0.39, 0.29) is 6.61 Å². The Bertz CT molecular complexity index is 451. The van der Waals surface area contributed by atoms with Gasteiger partial charge in [-0.3, -0.25) is 4.98 Å². The maximum Gasteiger partial charge on any atom is 0.0704 e. The summed E-state index contributed by atoms with van der Waals surface area (Å²) in [5.41, 5.74) is 4.09. The third kappa shape index (κ3) is 1.90. The average Bonchev–Trinajstić information content (AvgIpc) is 2.30. The van der Waals surface area contributed by atoms with Crippen LogP contribution in [0.5, 0.6) is 0 Å². The van der Waals surface area contributed by atoms with Gasteiger partial charge in [-0.1, -0.05) is 24.3 Å². The van der Waals surface area contributed by atoms with Gasteiger partial charge in [0.25, 0.3) is 0 Å². The van der Waals surface area contributed by atoms with Gasteiger partial charge in [0.05, 0.1) is 12.3 Å². The summed E-state index contributed by atoms with van der Waals surface area (Å²) in [6.45, 7) is 2.09. The zero-order valence-corrected chi connectivity index (χ0v) is 8.64. The zero-order valence-electron chi connectivity index (χ0n) is 8.64.